The molecule has 0 aromatic heterocycles. The first-order chi connectivity index (χ1) is 11.8. The zero-order chi connectivity index (χ0) is 18.6. The van der Waals surface area contributed by atoms with Crippen molar-refractivity contribution in [1.29, 1.82) is 0 Å². The number of amides is 1. The maximum atomic E-state index is 12.4. The highest BCUT2D eigenvalue weighted by Gasteiger charge is 2.21. The van der Waals surface area contributed by atoms with E-state index in [1.807, 2.05) is 25.1 Å². The molecule has 2 aromatic rings. The molecule has 0 radical (unpaired) electrons. The number of aryl methyl sites for hydroxylation is 1. The third-order valence-electron chi connectivity index (χ3n) is 3.91. The fourth-order valence-corrected chi connectivity index (χ4v) is 2.48. The molecule has 0 aliphatic carbocycles. The number of esters is 1. The van der Waals surface area contributed by atoms with Gasteiger partial charge in [0, 0.05) is 5.69 Å². The number of carbonyl (C=O) groups is 2. The highest BCUT2D eigenvalue weighted by atomic mass is 16.5. The van der Waals surface area contributed by atoms with Crippen LogP contribution < -0.4 is 5.32 Å². The molecule has 2 rings (SSSR count). The first kappa shape index (κ1) is 18.5. The zero-order valence-corrected chi connectivity index (χ0v) is 14.9. The van der Waals surface area contributed by atoms with Gasteiger partial charge in [-0.25, -0.2) is 4.79 Å². The average Bonchev–Trinajstić information content (AvgIpc) is 2.56. The molecule has 0 bridgehead atoms. The van der Waals surface area contributed by atoms with Crippen LogP contribution in [0.3, 0.4) is 0 Å². The molecule has 5 nitrogen and oxygen atoms in total. The van der Waals surface area contributed by atoms with E-state index in [1.165, 1.54) is 25.1 Å². The van der Waals surface area contributed by atoms with Gasteiger partial charge in [-0.2, -0.15) is 0 Å². The summed E-state index contributed by atoms with van der Waals surface area (Å²) in [5.41, 5.74) is 2.92. The van der Waals surface area contributed by atoms with Gasteiger partial charge in [0.05, 0.1) is 5.56 Å². The van der Waals surface area contributed by atoms with Gasteiger partial charge in [-0.3, -0.25) is 4.79 Å². The lowest BCUT2D eigenvalue weighted by Gasteiger charge is -2.19. The molecule has 0 unspecified atom stereocenters. The number of hydrogen-bond acceptors (Lipinski definition) is 4. The van der Waals surface area contributed by atoms with Crippen molar-refractivity contribution in [2.75, 3.05) is 5.32 Å². The van der Waals surface area contributed by atoms with Crippen LogP contribution in [-0.4, -0.2) is 23.1 Å². The van der Waals surface area contributed by atoms with E-state index in [9.17, 15) is 14.7 Å². The van der Waals surface area contributed by atoms with E-state index in [0.717, 1.165) is 16.8 Å². The number of phenolic OH excluding ortho intramolecular Hbond substituents is 1. The van der Waals surface area contributed by atoms with E-state index in [-0.39, 0.29) is 17.2 Å². The zero-order valence-electron chi connectivity index (χ0n) is 14.9. The average molecular weight is 341 g/mol. The third kappa shape index (κ3) is 4.59. The minimum atomic E-state index is -0.963. The fourth-order valence-electron chi connectivity index (χ4n) is 2.48. The number of benzene rings is 2. The van der Waals surface area contributed by atoms with Gasteiger partial charge in [-0.05, 0) is 49.1 Å². The minimum Gasteiger partial charge on any atom is -0.508 e. The quantitative estimate of drug-likeness (QED) is 0.806. The lowest BCUT2D eigenvalue weighted by Crippen LogP contribution is -2.30. The highest BCUT2D eigenvalue weighted by molar-refractivity contribution is 5.98. The van der Waals surface area contributed by atoms with Crippen LogP contribution in [-0.2, 0) is 9.53 Å². The van der Waals surface area contributed by atoms with E-state index in [1.54, 1.807) is 6.07 Å². The molecule has 0 saturated heterocycles. The number of para-hydroxylation sites is 1. The molecule has 0 fully saturated rings. The van der Waals surface area contributed by atoms with E-state index >= 15 is 0 Å². The summed E-state index contributed by atoms with van der Waals surface area (Å²) in [6.07, 6.45) is -0.963. The Kier molecular flexibility index (Phi) is 5.80. The van der Waals surface area contributed by atoms with Crippen molar-refractivity contribution >= 4 is 17.6 Å². The highest BCUT2D eigenvalue weighted by Crippen LogP contribution is 2.27. The van der Waals surface area contributed by atoms with Gasteiger partial charge in [0.25, 0.3) is 5.91 Å². The summed E-state index contributed by atoms with van der Waals surface area (Å²) in [7, 11) is 0. The van der Waals surface area contributed by atoms with Gasteiger partial charge in [0.15, 0.2) is 6.10 Å². The van der Waals surface area contributed by atoms with Crippen molar-refractivity contribution in [2.24, 2.45) is 0 Å². The first-order valence-electron chi connectivity index (χ1n) is 8.20. The summed E-state index contributed by atoms with van der Waals surface area (Å²) in [5.74, 6) is -0.842. The van der Waals surface area contributed by atoms with Crippen LogP contribution in [0.5, 0.6) is 5.75 Å². The second-order valence-corrected chi connectivity index (χ2v) is 6.28. The SMILES string of the molecule is Cc1cccc(C(C)C)c1NC(=O)[C@@H](C)OC(=O)c1cccc(O)c1. The van der Waals surface area contributed by atoms with Crippen LogP contribution in [0.4, 0.5) is 5.69 Å². The van der Waals surface area contributed by atoms with Crippen LogP contribution in [0.25, 0.3) is 0 Å². The fraction of sp³-hybridized carbons (Fsp3) is 0.300. The number of rotatable bonds is 5. The van der Waals surface area contributed by atoms with Crippen molar-refractivity contribution in [3.8, 4) is 5.75 Å². The topological polar surface area (TPSA) is 75.6 Å². The van der Waals surface area contributed by atoms with Crippen LogP contribution in [0.15, 0.2) is 42.5 Å². The van der Waals surface area contributed by atoms with Crippen molar-refractivity contribution in [3.05, 3.63) is 59.2 Å². The molecule has 0 heterocycles. The summed E-state index contributed by atoms with van der Waals surface area (Å²) in [6, 6.07) is 11.7. The number of hydrogen-bond donors (Lipinski definition) is 2. The predicted octanol–water partition coefficient (Wildman–Crippen LogP) is 4.01. The van der Waals surface area contributed by atoms with Crippen molar-refractivity contribution in [2.45, 2.75) is 39.7 Å². The van der Waals surface area contributed by atoms with Gasteiger partial charge >= 0.3 is 5.97 Å². The van der Waals surface area contributed by atoms with Crippen LogP contribution in [0.2, 0.25) is 0 Å². The van der Waals surface area contributed by atoms with E-state index < -0.39 is 18.0 Å². The maximum Gasteiger partial charge on any atom is 0.339 e. The summed E-state index contributed by atoms with van der Waals surface area (Å²) in [4.78, 5) is 24.5. The minimum absolute atomic E-state index is 0.0342. The second kappa shape index (κ2) is 7.83. The molecular weight excluding hydrogens is 318 g/mol. The maximum absolute atomic E-state index is 12.4. The lowest BCUT2D eigenvalue weighted by molar-refractivity contribution is -0.123. The Hall–Kier alpha value is -2.82. The molecule has 2 N–H and O–H groups in total. The van der Waals surface area contributed by atoms with Crippen LogP contribution in [0, 0.1) is 6.92 Å². The number of carbonyl (C=O) groups excluding carboxylic acids is 2. The first-order valence-corrected chi connectivity index (χ1v) is 8.20. The molecule has 1 atom stereocenters. The number of anilines is 1. The van der Waals surface area contributed by atoms with E-state index in [2.05, 4.69) is 19.2 Å². The number of phenols is 1. The molecular formula is C20H23NO4. The molecule has 132 valence electrons. The third-order valence-corrected chi connectivity index (χ3v) is 3.91. The summed E-state index contributed by atoms with van der Waals surface area (Å²) in [6.45, 7) is 7.54. The molecule has 1 amide bonds. The largest absolute Gasteiger partial charge is 0.508 e. The van der Waals surface area contributed by atoms with Gasteiger partial charge in [0.2, 0.25) is 0 Å². The molecule has 0 saturated carbocycles. The predicted molar refractivity (Wildman–Crippen MR) is 96.9 cm³/mol. The van der Waals surface area contributed by atoms with Crippen LogP contribution >= 0.6 is 0 Å². The van der Waals surface area contributed by atoms with Gasteiger partial charge in [-0.1, -0.05) is 38.1 Å². The Morgan fingerprint density at radius 3 is 2.40 bits per heavy atom. The van der Waals surface area contributed by atoms with Crippen molar-refractivity contribution < 1.29 is 19.4 Å². The van der Waals surface area contributed by atoms with Crippen molar-refractivity contribution in [3.63, 3.8) is 0 Å². The summed E-state index contributed by atoms with van der Waals surface area (Å²) >= 11 is 0. The van der Waals surface area contributed by atoms with Crippen molar-refractivity contribution in [1.82, 2.24) is 0 Å². The Bertz CT molecular complexity index is 783. The summed E-state index contributed by atoms with van der Waals surface area (Å²) in [5, 5.41) is 12.3. The molecule has 0 aliphatic rings. The molecule has 0 aliphatic heterocycles. The van der Waals surface area contributed by atoms with Gasteiger partial charge < -0.3 is 15.2 Å². The monoisotopic (exact) mass is 341 g/mol. The Morgan fingerprint density at radius 2 is 1.76 bits per heavy atom. The Morgan fingerprint density at radius 1 is 1.08 bits per heavy atom. The number of ether oxygens (including phenoxy) is 1. The normalized spacial score (nSPS) is 11.9. The number of aromatic hydroxyl groups is 1. The smallest absolute Gasteiger partial charge is 0.339 e. The van der Waals surface area contributed by atoms with E-state index in [0.29, 0.717) is 0 Å². The Balaban J connectivity index is 2.10. The second-order valence-electron chi connectivity index (χ2n) is 6.28. The molecule has 5 heteroatoms. The number of nitrogens with one attached hydrogen (secondary N) is 1. The van der Waals surface area contributed by atoms with Gasteiger partial charge in [0.1, 0.15) is 5.75 Å². The van der Waals surface area contributed by atoms with Gasteiger partial charge in [-0.15, -0.1) is 0 Å². The molecule has 0 spiro atoms. The lowest BCUT2D eigenvalue weighted by atomic mass is 9.98. The van der Waals surface area contributed by atoms with Crippen LogP contribution in [0.1, 0.15) is 48.2 Å². The molecule has 2 aromatic carbocycles. The Labute approximate surface area is 147 Å². The standard InChI is InChI=1S/C20H23NO4/c1-12(2)17-10-5-7-13(3)18(17)21-19(23)14(4)25-20(24)15-8-6-9-16(22)11-15/h5-12,14,22H,1-4H3,(H,21,23)/t14-/m1/s1. The van der Waals surface area contributed by atoms with E-state index in [4.69, 9.17) is 4.74 Å². The molecule has 25 heavy (non-hydrogen) atoms. The summed E-state index contributed by atoms with van der Waals surface area (Å²) < 4.78 is 5.20.